The van der Waals surface area contributed by atoms with Gasteiger partial charge in [-0.05, 0) is 52.6 Å². The van der Waals surface area contributed by atoms with Crippen molar-refractivity contribution in [2.45, 2.75) is 10.4 Å². The van der Waals surface area contributed by atoms with Crippen LogP contribution in [-0.4, -0.2) is 37.2 Å². The maximum atomic E-state index is 14.1. The van der Waals surface area contributed by atoms with Gasteiger partial charge < -0.3 is 9.47 Å². The summed E-state index contributed by atoms with van der Waals surface area (Å²) in [5.74, 6) is 1.27. The molecule has 0 fully saturated rings. The van der Waals surface area contributed by atoms with Gasteiger partial charge in [0.15, 0.2) is 28.1 Å². The van der Waals surface area contributed by atoms with Crippen LogP contribution in [0.5, 0.6) is 11.5 Å². The number of hydrogen-bond acceptors (Lipinski definition) is 5. The second kappa shape index (κ2) is 13.6. The van der Waals surface area contributed by atoms with Crippen LogP contribution < -0.4 is 9.47 Å². The largest absolute Gasteiger partial charge is 0.493 e. The van der Waals surface area contributed by atoms with Crippen LogP contribution in [0.15, 0.2) is 175 Å². The zero-order valence-electron chi connectivity index (χ0n) is 28.1. The highest BCUT2D eigenvalue weighted by molar-refractivity contribution is 7.83. The van der Waals surface area contributed by atoms with E-state index in [0.29, 0.717) is 22.0 Å². The second-order valence-electron chi connectivity index (χ2n) is 12.1. The smallest absolute Gasteiger partial charge is 0.161 e. The minimum absolute atomic E-state index is 0.601. The van der Waals surface area contributed by atoms with E-state index in [9.17, 15) is 4.21 Å². The van der Waals surface area contributed by atoms with Gasteiger partial charge in [0.2, 0.25) is 0 Å². The zero-order chi connectivity index (χ0) is 34.8. The Morgan fingerprint density at radius 3 is 1.73 bits per heavy atom. The number of hydrogen-bond donors (Lipinski definition) is 0. The van der Waals surface area contributed by atoms with Gasteiger partial charge in [-0.25, -0.2) is 13.2 Å². The number of fused-ring (bicyclic) bond motifs is 1. The Morgan fingerprint density at radius 1 is 0.588 bits per heavy atom. The fraction of sp³-hybridized carbons (Fsp3) is 0.0698. The van der Waals surface area contributed by atoms with Crippen molar-refractivity contribution < 1.29 is 13.7 Å². The van der Waals surface area contributed by atoms with E-state index in [1.165, 1.54) is 0 Å². The van der Waals surface area contributed by atoms with E-state index in [2.05, 4.69) is 85.1 Å². The molecular formula is C43H34N4O3S. The molecule has 0 aliphatic carbocycles. The second-order valence-corrected chi connectivity index (χ2v) is 13.4. The van der Waals surface area contributed by atoms with E-state index in [-0.39, 0.29) is 0 Å². The van der Waals surface area contributed by atoms with Crippen molar-refractivity contribution in [2.75, 3.05) is 14.2 Å². The van der Waals surface area contributed by atoms with Gasteiger partial charge >= 0.3 is 0 Å². The topological polar surface area (TPSA) is 71.2 Å². The molecule has 0 saturated carbocycles. The van der Waals surface area contributed by atoms with Crippen LogP contribution in [0.2, 0.25) is 0 Å². The number of nitrogens with zero attached hydrogens (tertiary/aromatic N) is 4. The van der Waals surface area contributed by atoms with Gasteiger partial charge in [0.1, 0.15) is 5.54 Å². The first kappa shape index (κ1) is 32.0. The van der Waals surface area contributed by atoms with Crippen LogP contribution in [0.1, 0.15) is 16.7 Å². The first-order valence-corrected chi connectivity index (χ1v) is 17.7. The maximum Gasteiger partial charge on any atom is 0.161 e. The fourth-order valence-corrected chi connectivity index (χ4v) is 7.96. The highest BCUT2D eigenvalue weighted by Crippen LogP contribution is 2.42. The number of methoxy groups -OCH3 is 2. The predicted molar refractivity (Wildman–Crippen MR) is 202 cm³/mol. The monoisotopic (exact) mass is 686 g/mol. The maximum absolute atomic E-state index is 14.1. The molecule has 5 aromatic carbocycles. The van der Waals surface area contributed by atoms with Crippen molar-refractivity contribution in [1.29, 1.82) is 0 Å². The molecule has 3 heterocycles. The summed E-state index contributed by atoms with van der Waals surface area (Å²) in [6.07, 6.45) is 7.70. The Labute approximate surface area is 299 Å². The van der Waals surface area contributed by atoms with Gasteiger partial charge in [-0.1, -0.05) is 115 Å². The van der Waals surface area contributed by atoms with Crippen LogP contribution >= 0.6 is 0 Å². The van der Waals surface area contributed by atoms with Gasteiger partial charge in [0, 0.05) is 40.7 Å². The van der Waals surface area contributed by atoms with E-state index in [0.717, 1.165) is 44.3 Å². The molecule has 0 amide bonds. The summed E-state index contributed by atoms with van der Waals surface area (Å²) in [4.78, 5) is 5.60. The highest BCUT2D eigenvalue weighted by atomic mass is 32.2. The summed E-state index contributed by atoms with van der Waals surface area (Å²) >= 11 is 0. The Hall–Kier alpha value is -6.25. The molecule has 0 N–H and O–H groups in total. The van der Waals surface area contributed by atoms with Crippen LogP contribution in [0, 0.1) is 0 Å². The number of ether oxygens (including phenoxy) is 2. The van der Waals surface area contributed by atoms with Gasteiger partial charge in [-0.15, -0.1) is 0 Å². The molecule has 51 heavy (non-hydrogen) atoms. The third kappa shape index (κ3) is 5.59. The van der Waals surface area contributed by atoms with Crippen molar-refractivity contribution in [2.24, 2.45) is 0 Å². The quantitative estimate of drug-likeness (QED) is 0.134. The minimum atomic E-state index is -1.54. The SMILES string of the molecule is COc1ccc(-c2cnc3c(c2)c(-c2cnn(C(c4ccccc4)(c4ccccc4)c4ccccc4)c2)cn3S(=O)c2ccccc2)cc1OC. The lowest BCUT2D eigenvalue weighted by molar-refractivity contribution is 0.355. The lowest BCUT2D eigenvalue weighted by Gasteiger charge is -2.36. The third-order valence-corrected chi connectivity index (χ3v) is 10.6. The fourth-order valence-electron chi connectivity index (χ4n) is 6.84. The Bertz CT molecular complexity index is 2370. The van der Waals surface area contributed by atoms with E-state index >= 15 is 0 Å². The van der Waals surface area contributed by atoms with Crippen LogP contribution in [0.25, 0.3) is 33.3 Å². The van der Waals surface area contributed by atoms with E-state index in [1.54, 1.807) is 24.4 Å². The van der Waals surface area contributed by atoms with Crippen molar-refractivity contribution >= 4 is 22.0 Å². The molecule has 1 atom stereocenters. The molecule has 8 rings (SSSR count). The lowest BCUT2D eigenvalue weighted by atomic mass is 9.77. The summed E-state index contributed by atoms with van der Waals surface area (Å²) in [7, 11) is 1.70. The molecule has 3 aromatic heterocycles. The van der Waals surface area contributed by atoms with Crippen LogP contribution in [-0.2, 0) is 16.5 Å². The Morgan fingerprint density at radius 2 is 1.16 bits per heavy atom. The molecule has 8 heteroatoms. The highest BCUT2D eigenvalue weighted by Gasteiger charge is 2.39. The average molecular weight is 687 g/mol. The Kier molecular flexibility index (Phi) is 8.51. The molecule has 7 nitrogen and oxygen atoms in total. The molecular weight excluding hydrogens is 653 g/mol. The van der Waals surface area contributed by atoms with E-state index < -0.39 is 16.5 Å². The molecule has 0 bridgehead atoms. The van der Waals surface area contributed by atoms with Crippen molar-refractivity contribution in [1.82, 2.24) is 18.7 Å². The summed E-state index contributed by atoms with van der Waals surface area (Å²) in [5.41, 5.74) is 6.55. The first-order chi connectivity index (χ1) is 25.1. The van der Waals surface area contributed by atoms with Crippen molar-refractivity contribution in [3.05, 3.63) is 187 Å². The van der Waals surface area contributed by atoms with Crippen LogP contribution in [0.4, 0.5) is 0 Å². The summed E-state index contributed by atoms with van der Waals surface area (Å²) < 4.78 is 29.0. The lowest BCUT2D eigenvalue weighted by Crippen LogP contribution is -2.38. The van der Waals surface area contributed by atoms with Gasteiger partial charge in [-0.2, -0.15) is 5.10 Å². The molecule has 0 aliphatic heterocycles. The molecule has 0 spiro atoms. The molecule has 1 unspecified atom stereocenters. The first-order valence-electron chi connectivity index (χ1n) is 16.5. The third-order valence-electron chi connectivity index (χ3n) is 9.26. The van der Waals surface area contributed by atoms with E-state index in [4.69, 9.17) is 19.6 Å². The van der Waals surface area contributed by atoms with E-state index in [1.807, 2.05) is 83.8 Å². The number of rotatable bonds is 10. The Balaban J connectivity index is 1.36. The predicted octanol–water partition coefficient (Wildman–Crippen LogP) is 9.00. The molecule has 250 valence electrons. The normalized spacial score (nSPS) is 12.1. The van der Waals surface area contributed by atoms with Gasteiger partial charge in [-0.3, -0.25) is 4.68 Å². The number of aromatic nitrogens is 4. The van der Waals surface area contributed by atoms with Gasteiger partial charge in [0.05, 0.1) is 25.3 Å². The van der Waals surface area contributed by atoms with Crippen molar-refractivity contribution in [3.8, 4) is 33.8 Å². The summed E-state index contributed by atoms with van der Waals surface area (Å²) in [6, 6.07) is 48.7. The number of benzene rings is 5. The molecule has 0 radical (unpaired) electrons. The molecule has 0 saturated heterocycles. The van der Waals surface area contributed by atoms with Gasteiger partial charge in [0.25, 0.3) is 0 Å². The standard InChI is InChI=1S/C43H34N4O3S/c1-49-40-24-23-31(26-41(40)50-2)32-25-38-39(30-46(42(38)44-27-32)51(48)37-21-13-6-14-22-37)33-28-45-47(29-33)43(34-15-7-3-8-16-34,35-17-9-4-10-18-35)36-19-11-5-12-20-36/h3-30H,1-2H3. The molecule has 0 aliphatic rings. The summed E-state index contributed by atoms with van der Waals surface area (Å²) in [5, 5.41) is 5.96. The van der Waals surface area contributed by atoms with Crippen molar-refractivity contribution in [3.63, 3.8) is 0 Å². The average Bonchev–Trinajstić information content (AvgIpc) is 3.85. The van der Waals surface area contributed by atoms with Crippen LogP contribution in [0.3, 0.4) is 0 Å². The summed E-state index contributed by atoms with van der Waals surface area (Å²) in [6.45, 7) is 0. The molecule has 8 aromatic rings. The number of pyridine rings is 1. The minimum Gasteiger partial charge on any atom is -0.493 e. The zero-order valence-corrected chi connectivity index (χ0v) is 28.9.